The number of phenolic OH excluding ortho intramolecular Hbond substituents is 2. The van der Waals surface area contributed by atoms with Gasteiger partial charge in [0, 0.05) is 23.4 Å². The molecule has 1 saturated heterocycles. The van der Waals surface area contributed by atoms with Crippen molar-refractivity contribution in [3.63, 3.8) is 0 Å². The topological polar surface area (TPSA) is 69.6 Å². The van der Waals surface area contributed by atoms with Gasteiger partial charge < -0.3 is 15.5 Å². The van der Waals surface area contributed by atoms with Gasteiger partial charge in [0.05, 0.1) is 0 Å². The van der Waals surface area contributed by atoms with Crippen molar-refractivity contribution in [1.29, 1.82) is 0 Å². The summed E-state index contributed by atoms with van der Waals surface area (Å²) in [5.74, 6) is 1.53. The van der Waals surface area contributed by atoms with Gasteiger partial charge >= 0.3 is 0 Å². The van der Waals surface area contributed by atoms with Gasteiger partial charge in [-0.25, -0.2) is 0 Å². The Morgan fingerprint density at radius 2 is 2.00 bits per heavy atom. The summed E-state index contributed by atoms with van der Waals surface area (Å²) in [7, 11) is 0. The number of aromatic hydroxyl groups is 2. The number of carbonyl (C=O) groups is 1. The molecule has 4 nitrogen and oxygen atoms in total. The number of hydrogen-bond acceptors (Lipinski definition) is 4. The van der Waals surface area contributed by atoms with Crippen LogP contribution in [0.5, 0.6) is 11.5 Å². The molecule has 1 aliphatic rings. The van der Waals surface area contributed by atoms with E-state index in [1.165, 1.54) is 18.2 Å². The van der Waals surface area contributed by atoms with E-state index in [0.29, 0.717) is 0 Å². The molecule has 1 atom stereocenters. The first-order valence-corrected chi connectivity index (χ1v) is 6.22. The number of phenols is 2. The lowest BCUT2D eigenvalue weighted by Crippen LogP contribution is -2.34. The van der Waals surface area contributed by atoms with Crippen molar-refractivity contribution in [2.75, 3.05) is 11.5 Å². The first-order chi connectivity index (χ1) is 7.65. The van der Waals surface area contributed by atoms with Gasteiger partial charge in [0.2, 0.25) is 0 Å². The Kier molecular flexibility index (Phi) is 3.24. The van der Waals surface area contributed by atoms with Crippen LogP contribution < -0.4 is 5.32 Å². The first kappa shape index (κ1) is 11.1. The third-order valence-corrected chi connectivity index (χ3v) is 3.59. The number of rotatable bonds is 2. The highest BCUT2D eigenvalue weighted by atomic mass is 32.2. The van der Waals surface area contributed by atoms with Crippen LogP contribution in [0.3, 0.4) is 0 Å². The van der Waals surface area contributed by atoms with E-state index in [4.69, 9.17) is 0 Å². The van der Waals surface area contributed by atoms with E-state index in [-0.39, 0.29) is 29.0 Å². The quantitative estimate of drug-likeness (QED) is 0.728. The second kappa shape index (κ2) is 4.65. The summed E-state index contributed by atoms with van der Waals surface area (Å²) in [5.41, 5.74) is 0.286. The van der Waals surface area contributed by atoms with Crippen molar-refractivity contribution in [2.45, 2.75) is 12.5 Å². The second-order valence-corrected chi connectivity index (χ2v) is 4.92. The molecular weight excluding hydrogens is 226 g/mol. The third-order valence-electron chi connectivity index (χ3n) is 2.43. The molecule has 1 heterocycles. The molecule has 16 heavy (non-hydrogen) atoms. The molecule has 1 fully saturated rings. The van der Waals surface area contributed by atoms with Gasteiger partial charge in [0.1, 0.15) is 11.5 Å². The standard InChI is InChI=1S/C11H13NO3S/c13-9-3-7(4-10(14)5-9)11(15)12-8-1-2-16-6-8/h3-5,8,13-14H,1-2,6H2,(H,12,15). The van der Waals surface area contributed by atoms with Gasteiger partial charge in [-0.2, -0.15) is 11.8 Å². The number of thioether (sulfide) groups is 1. The summed E-state index contributed by atoms with van der Waals surface area (Å²) in [6, 6.07) is 4.08. The Hall–Kier alpha value is -1.36. The van der Waals surface area contributed by atoms with Gasteiger partial charge in [-0.3, -0.25) is 4.79 Å². The van der Waals surface area contributed by atoms with Crippen molar-refractivity contribution in [1.82, 2.24) is 5.32 Å². The summed E-state index contributed by atoms with van der Waals surface area (Å²) in [6.45, 7) is 0. The maximum atomic E-state index is 11.8. The molecule has 1 unspecified atom stereocenters. The third kappa shape index (κ3) is 2.61. The average Bonchev–Trinajstić information content (AvgIpc) is 2.68. The highest BCUT2D eigenvalue weighted by Gasteiger charge is 2.18. The minimum Gasteiger partial charge on any atom is -0.508 e. The molecule has 0 saturated carbocycles. The molecule has 1 aromatic rings. The van der Waals surface area contributed by atoms with Crippen molar-refractivity contribution in [3.8, 4) is 11.5 Å². The van der Waals surface area contributed by atoms with Crippen LogP contribution >= 0.6 is 11.8 Å². The molecule has 1 amide bonds. The van der Waals surface area contributed by atoms with Crippen LogP contribution in [0.2, 0.25) is 0 Å². The minimum atomic E-state index is -0.251. The van der Waals surface area contributed by atoms with Crippen molar-refractivity contribution in [3.05, 3.63) is 23.8 Å². The van der Waals surface area contributed by atoms with Gasteiger partial charge in [-0.1, -0.05) is 0 Å². The lowest BCUT2D eigenvalue weighted by atomic mass is 10.1. The lowest BCUT2D eigenvalue weighted by Gasteiger charge is -2.11. The smallest absolute Gasteiger partial charge is 0.251 e. The molecule has 2 rings (SSSR count). The number of nitrogens with one attached hydrogen (secondary N) is 1. The largest absolute Gasteiger partial charge is 0.508 e. The molecular formula is C11H13NO3S. The van der Waals surface area contributed by atoms with E-state index in [1.807, 2.05) is 11.8 Å². The van der Waals surface area contributed by atoms with Crippen LogP contribution in [0.1, 0.15) is 16.8 Å². The van der Waals surface area contributed by atoms with Gasteiger partial charge in [-0.05, 0) is 24.3 Å². The molecule has 0 aliphatic carbocycles. The highest BCUT2D eigenvalue weighted by molar-refractivity contribution is 7.99. The Morgan fingerprint density at radius 1 is 1.31 bits per heavy atom. The number of carbonyl (C=O) groups excluding carboxylic acids is 1. The molecule has 86 valence electrons. The predicted molar refractivity (Wildman–Crippen MR) is 63.0 cm³/mol. The normalized spacial score (nSPS) is 19.6. The zero-order valence-electron chi connectivity index (χ0n) is 8.64. The van der Waals surface area contributed by atoms with Gasteiger partial charge in [0.15, 0.2) is 0 Å². The number of amides is 1. The van der Waals surface area contributed by atoms with Crippen LogP contribution in [0.25, 0.3) is 0 Å². The Labute approximate surface area is 97.7 Å². The summed E-state index contributed by atoms with van der Waals surface area (Å²) in [6.07, 6.45) is 0.973. The summed E-state index contributed by atoms with van der Waals surface area (Å²) < 4.78 is 0. The SMILES string of the molecule is O=C(NC1CCSC1)c1cc(O)cc(O)c1. The minimum absolute atomic E-state index is 0.106. The van der Waals surface area contributed by atoms with E-state index in [1.54, 1.807) is 0 Å². The van der Waals surface area contributed by atoms with Gasteiger partial charge in [0.25, 0.3) is 5.91 Å². The van der Waals surface area contributed by atoms with E-state index < -0.39 is 0 Å². The Bertz CT molecular complexity index is 382. The second-order valence-electron chi connectivity index (χ2n) is 3.77. The molecule has 5 heteroatoms. The van der Waals surface area contributed by atoms with Crippen molar-refractivity contribution in [2.24, 2.45) is 0 Å². The zero-order chi connectivity index (χ0) is 11.5. The fourth-order valence-corrected chi connectivity index (χ4v) is 2.80. The Balaban J connectivity index is 2.07. The van der Waals surface area contributed by atoms with Crippen molar-refractivity contribution >= 4 is 17.7 Å². The Morgan fingerprint density at radius 3 is 2.56 bits per heavy atom. The number of benzene rings is 1. The van der Waals surface area contributed by atoms with Crippen LogP contribution in [-0.2, 0) is 0 Å². The lowest BCUT2D eigenvalue weighted by molar-refractivity contribution is 0.0940. The van der Waals surface area contributed by atoms with E-state index in [0.717, 1.165) is 17.9 Å². The maximum Gasteiger partial charge on any atom is 0.251 e. The number of hydrogen-bond donors (Lipinski definition) is 3. The molecule has 1 aliphatic heterocycles. The predicted octanol–water partition coefficient (Wildman–Crippen LogP) is 1.33. The molecule has 0 radical (unpaired) electrons. The molecule has 1 aromatic carbocycles. The van der Waals surface area contributed by atoms with Gasteiger partial charge in [-0.15, -0.1) is 0 Å². The van der Waals surface area contributed by atoms with Crippen LogP contribution in [0.4, 0.5) is 0 Å². The first-order valence-electron chi connectivity index (χ1n) is 5.07. The fourth-order valence-electron chi connectivity index (χ4n) is 1.64. The fraction of sp³-hybridized carbons (Fsp3) is 0.364. The van der Waals surface area contributed by atoms with E-state index in [9.17, 15) is 15.0 Å². The average molecular weight is 239 g/mol. The maximum absolute atomic E-state index is 11.8. The molecule has 0 bridgehead atoms. The van der Waals surface area contributed by atoms with Crippen LogP contribution in [0, 0.1) is 0 Å². The summed E-state index contributed by atoms with van der Waals surface area (Å²) >= 11 is 1.81. The molecule has 3 N–H and O–H groups in total. The van der Waals surface area contributed by atoms with Crippen LogP contribution in [0.15, 0.2) is 18.2 Å². The zero-order valence-corrected chi connectivity index (χ0v) is 9.46. The highest BCUT2D eigenvalue weighted by Crippen LogP contribution is 2.21. The van der Waals surface area contributed by atoms with E-state index in [2.05, 4.69) is 5.32 Å². The van der Waals surface area contributed by atoms with Crippen molar-refractivity contribution < 1.29 is 15.0 Å². The summed E-state index contributed by atoms with van der Waals surface area (Å²) in [5, 5.41) is 21.4. The summed E-state index contributed by atoms with van der Waals surface area (Å²) in [4.78, 5) is 11.8. The molecule has 0 spiro atoms. The molecule has 0 aromatic heterocycles. The van der Waals surface area contributed by atoms with E-state index >= 15 is 0 Å². The monoisotopic (exact) mass is 239 g/mol. The van der Waals surface area contributed by atoms with Crippen LogP contribution in [-0.4, -0.2) is 33.7 Å².